The number of anilines is 3. The highest BCUT2D eigenvalue weighted by Crippen LogP contribution is 2.35. The molecule has 2 fully saturated rings. The van der Waals surface area contributed by atoms with Crippen molar-refractivity contribution < 1.29 is 4.74 Å². The second kappa shape index (κ2) is 6.84. The first-order valence-electron chi connectivity index (χ1n) is 8.71. The SMILES string of the molecule is CN(C)c1cc(N2C[C@@H]3[C@@H](CNc4ccccn4)CO[C@@H]3C2)ncn1. The number of nitrogens with zero attached hydrogens (tertiary/aromatic N) is 5. The van der Waals surface area contributed by atoms with E-state index in [9.17, 15) is 0 Å². The van der Waals surface area contributed by atoms with E-state index in [4.69, 9.17) is 4.74 Å². The smallest absolute Gasteiger partial charge is 0.134 e. The van der Waals surface area contributed by atoms with Crippen molar-refractivity contribution in [3.8, 4) is 0 Å². The lowest BCUT2D eigenvalue weighted by atomic mass is 9.93. The summed E-state index contributed by atoms with van der Waals surface area (Å²) in [5, 5.41) is 3.44. The van der Waals surface area contributed by atoms with E-state index in [2.05, 4.69) is 25.2 Å². The van der Waals surface area contributed by atoms with Gasteiger partial charge in [0.25, 0.3) is 0 Å². The Labute approximate surface area is 148 Å². The van der Waals surface area contributed by atoms with Gasteiger partial charge < -0.3 is 19.9 Å². The molecule has 132 valence electrons. The standard InChI is InChI=1S/C18H24N6O/c1-23(2)17-7-18(22-12-21-17)24-9-14-13(11-25-15(14)10-24)8-20-16-5-3-4-6-19-16/h3-7,12-15H,8-11H2,1-2H3,(H,19,20)/t13-,14+,15+/m0/s1. The Balaban J connectivity index is 1.40. The fourth-order valence-electron chi connectivity index (χ4n) is 3.65. The summed E-state index contributed by atoms with van der Waals surface area (Å²) in [6.07, 6.45) is 3.73. The van der Waals surface area contributed by atoms with Gasteiger partial charge in [-0.3, -0.25) is 0 Å². The molecule has 4 heterocycles. The first-order valence-corrected chi connectivity index (χ1v) is 8.71. The second-order valence-electron chi connectivity index (χ2n) is 6.93. The Kier molecular flexibility index (Phi) is 4.40. The monoisotopic (exact) mass is 340 g/mol. The number of hydrogen-bond donors (Lipinski definition) is 1. The molecule has 0 bridgehead atoms. The van der Waals surface area contributed by atoms with Gasteiger partial charge in [-0.15, -0.1) is 0 Å². The molecule has 3 atom stereocenters. The Morgan fingerprint density at radius 1 is 1.24 bits per heavy atom. The number of nitrogens with one attached hydrogen (secondary N) is 1. The van der Waals surface area contributed by atoms with Crippen molar-refractivity contribution >= 4 is 17.5 Å². The first-order chi connectivity index (χ1) is 12.2. The lowest BCUT2D eigenvalue weighted by Gasteiger charge is -2.22. The fourth-order valence-corrected chi connectivity index (χ4v) is 3.65. The molecular weight excluding hydrogens is 316 g/mol. The third kappa shape index (κ3) is 3.37. The van der Waals surface area contributed by atoms with Gasteiger partial charge in [-0.05, 0) is 12.1 Å². The summed E-state index contributed by atoms with van der Waals surface area (Å²) in [5.41, 5.74) is 0. The summed E-state index contributed by atoms with van der Waals surface area (Å²) in [5.74, 6) is 3.85. The predicted molar refractivity (Wildman–Crippen MR) is 98.0 cm³/mol. The summed E-state index contributed by atoms with van der Waals surface area (Å²) in [6.45, 7) is 3.58. The van der Waals surface area contributed by atoms with Crippen LogP contribution in [0.3, 0.4) is 0 Å². The van der Waals surface area contributed by atoms with Crippen LogP contribution in [0.4, 0.5) is 17.5 Å². The summed E-state index contributed by atoms with van der Waals surface area (Å²) < 4.78 is 6.05. The minimum absolute atomic E-state index is 0.285. The number of aromatic nitrogens is 3. The zero-order chi connectivity index (χ0) is 17.2. The number of ether oxygens (including phenoxy) is 1. The number of fused-ring (bicyclic) bond motifs is 1. The molecular formula is C18H24N6O. The van der Waals surface area contributed by atoms with Crippen molar-refractivity contribution in [1.82, 2.24) is 15.0 Å². The largest absolute Gasteiger partial charge is 0.376 e. The fraction of sp³-hybridized carbons (Fsp3) is 0.500. The molecule has 0 aliphatic carbocycles. The van der Waals surface area contributed by atoms with E-state index >= 15 is 0 Å². The highest BCUT2D eigenvalue weighted by molar-refractivity contribution is 5.50. The van der Waals surface area contributed by atoms with E-state index in [1.165, 1.54) is 0 Å². The molecule has 2 saturated heterocycles. The zero-order valence-corrected chi connectivity index (χ0v) is 14.7. The van der Waals surface area contributed by atoms with Gasteiger partial charge in [0.2, 0.25) is 0 Å². The maximum absolute atomic E-state index is 6.05. The topological polar surface area (TPSA) is 66.4 Å². The maximum atomic E-state index is 6.05. The van der Waals surface area contributed by atoms with Crippen LogP contribution in [0.15, 0.2) is 36.8 Å². The average molecular weight is 340 g/mol. The van der Waals surface area contributed by atoms with Crippen LogP contribution < -0.4 is 15.1 Å². The van der Waals surface area contributed by atoms with Gasteiger partial charge >= 0.3 is 0 Å². The maximum Gasteiger partial charge on any atom is 0.134 e. The third-order valence-electron chi connectivity index (χ3n) is 5.07. The molecule has 0 amide bonds. The van der Waals surface area contributed by atoms with Crippen molar-refractivity contribution in [3.05, 3.63) is 36.8 Å². The van der Waals surface area contributed by atoms with Crippen molar-refractivity contribution in [2.24, 2.45) is 11.8 Å². The highest BCUT2D eigenvalue weighted by Gasteiger charge is 2.44. The van der Waals surface area contributed by atoms with Crippen LogP contribution in [0, 0.1) is 11.8 Å². The summed E-state index contributed by atoms with van der Waals surface area (Å²) in [4.78, 5) is 17.4. The molecule has 2 aliphatic heterocycles. The van der Waals surface area contributed by atoms with Crippen molar-refractivity contribution in [1.29, 1.82) is 0 Å². The molecule has 0 saturated carbocycles. The van der Waals surface area contributed by atoms with E-state index in [1.54, 1.807) is 6.33 Å². The molecule has 1 N–H and O–H groups in total. The molecule has 7 heteroatoms. The normalized spacial score (nSPS) is 25.0. The molecule has 0 aromatic carbocycles. The van der Waals surface area contributed by atoms with Crippen molar-refractivity contribution in [2.75, 3.05) is 55.5 Å². The van der Waals surface area contributed by atoms with E-state index in [0.29, 0.717) is 11.8 Å². The average Bonchev–Trinajstić information content (AvgIpc) is 3.22. The van der Waals surface area contributed by atoms with Crippen LogP contribution in [0.25, 0.3) is 0 Å². The van der Waals surface area contributed by atoms with E-state index in [1.807, 2.05) is 49.5 Å². The van der Waals surface area contributed by atoms with Crippen LogP contribution in [0.2, 0.25) is 0 Å². The Hall–Kier alpha value is -2.41. The molecule has 7 nitrogen and oxygen atoms in total. The molecule has 4 rings (SSSR count). The number of pyridine rings is 1. The van der Waals surface area contributed by atoms with Crippen LogP contribution in [-0.4, -0.2) is 61.4 Å². The predicted octanol–water partition coefficient (Wildman–Crippen LogP) is 1.50. The molecule has 2 aromatic rings. The van der Waals surface area contributed by atoms with Crippen molar-refractivity contribution in [3.63, 3.8) is 0 Å². The molecule has 0 spiro atoms. The first kappa shape index (κ1) is 16.1. The zero-order valence-electron chi connectivity index (χ0n) is 14.7. The Bertz CT molecular complexity index is 710. The lowest BCUT2D eigenvalue weighted by molar-refractivity contribution is 0.111. The minimum atomic E-state index is 0.285. The molecule has 0 unspecified atom stereocenters. The van der Waals surface area contributed by atoms with E-state index < -0.39 is 0 Å². The van der Waals surface area contributed by atoms with Crippen LogP contribution in [-0.2, 0) is 4.74 Å². The molecule has 2 aliphatic rings. The molecule has 25 heavy (non-hydrogen) atoms. The summed E-state index contributed by atoms with van der Waals surface area (Å²) >= 11 is 0. The summed E-state index contributed by atoms with van der Waals surface area (Å²) in [7, 11) is 3.99. The number of rotatable bonds is 5. The molecule has 0 radical (unpaired) electrons. The second-order valence-corrected chi connectivity index (χ2v) is 6.93. The van der Waals surface area contributed by atoms with Gasteiger partial charge in [-0.25, -0.2) is 15.0 Å². The summed E-state index contributed by atoms with van der Waals surface area (Å²) in [6, 6.07) is 7.97. The number of hydrogen-bond acceptors (Lipinski definition) is 7. The third-order valence-corrected chi connectivity index (χ3v) is 5.07. The van der Waals surface area contributed by atoms with Crippen LogP contribution in [0.5, 0.6) is 0 Å². The Morgan fingerprint density at radius 2 is 2.16 bits per heavy atom. The van der Waals surface area contributed by atoms with Crippen LogP contribution >= 0.6 is 0 Å². The van der Waals surface area contributed by atoms with Crippen LogP contribution in [0.1, 0.15) is 0 Å². The molecule has 2 aromatic heterocycles. The Morgan fingerprint density at radius 3 is 2.96 bits per heavy atom. The van der Waals surface area contributed by atoms with Gasteiger partial charge in [-0.2, -0.15) is 0 Å². The highest BCUT2D eigenvalue weighted by atomic mass is 16.5. The van der Waals surface area contributed by atoms with Gasteiger partial charge in [-0.1, -0.05) is 6.07 Å². The van der Waals surface area contributed by atoms with Gasteiger partial charge in [0.15, 0.2) is 0 Å². The van der Waals surface area contributed by atoms with E-state index in [-0.39, 0.29) is 6.10 Å². The quantitative estimate of drug-likeness (QED) is 0.885. The van der Waals surface area contributed by atoms with Crippen molar-refractivity contribution in [2.45, 2.75) is 6.10 Å². The minimum Gasteiger partial charge on any atom is -0.376 e. The lowest BCUT2D eigenvalue weighted by Crippen LogP contribution is -2.28. The van der Waals surface area contributed by atoms with Gasteiger partial charge in [0.05, 0.1) is 12.7 Å². The van der Waals surface area contributed by atoms with Gasteiger partial charge in [0, 0.05) is 57.8 Å². The van der Waals surface area contributed by atoms with Gasteiger partial charge in [0.1, 0.15) is 23.8 Å². The van der Waals surface area contributed by atoms with E-state index in [0.717, 1.165) is 43.7 Å².